The Hall–Kier alpha value is -1.39. The van der Waals surface area contributed by atoms with Gasteiger partial charge in [-0.25, -0.2) is 0 Å². The summed E-state index contributed by atoms with van der Waals surface area (Å²) in [7, 11) is 5.55. The van der Waals surface area contributed by atoms with Crippen molar-refractivity contribution < 1.29 is 9.53 Å². The lowest BCUT2D eigenvalue weighted by molar-refractivity contribution is -0.124. The predicted molar refractivity (Wildman–Crippen MR) is 72.5 cm³/mol. The standard InChI is InChI=1S/C14H22N2O2/c1-11-7-5-6-8-12(11)13(16(2)3)9-15-14(17)10-18-4/h5-8,13H,9-10H2,1-4H3,(H,15,17). The van der Waals surface area contributed by atoms with Crippen LogP contribution in [0.3, 0.4) is 0 Å². The molecular weight excluding hydrogens is 228 g/mol. The fraction of sp³-hybridized carbons (Fsp3) is 0.500. The quantitative estimate of drug-likeness (QED) is 0.829. The second kappa shape index (κ2) is 7.13. The first-order valence-electron chi connectivity index (χ1n) is 6.04. The number of hydrogen-bond acceptors (Lipinski definition) is 3. The molecule has 0 fully saturated rings. The van der Waals surface area contributed by atoms with Crippen molar-refractivity contribution in [3.8, 4) is 0 Å². The molecule has 0 spiro atoms. The largest absolute Gasteiger partial charge is 0.375 e. The van der Waals surface area contributed by atoms with Crippen molar-refractivity contribution in [2.75, 3.05) is 34.4 Å². The molecule has 0 heterocycles. The summed E-state index contributed by atoms with van der Waals surface area (Å²) in [5, 5.41) is 2.89. The van der Waals surface area contributed by atoms with Crippen molar-refractivity contribution in [1.82, 2.24) is 10.2 Å². The molecule has 0 aromatic heterocycles. The fourth-order valence-electron chi connectivity index (χ4n) is 1.92. The maximum Gasteiger partial charge on any atom is 0.246 e. The third-order valence-electron chi connectivity index (χ3n) is 2.94. The van der Waals surface area contributed by atoms with Crippen LogP contribution >= 0.6 is 0 Å². The molecule has 100 valence electrons. The van der Waals surface area contributed by atoms with E-state index in [1.54, 1.807) is 0 Å². The van der Waals surface area contributed by atoms with Gasteiger partial charge in [0.05, 0.1) is 6.04 Å². The minimum atomic E-state index is -0.0852. The Morgan fingerprint density at radius 2 is 2.06 bits per heavy atom. The first kappa shape index (κ1) is 14.7. The number of nitrogens with one attached hydrogen (secondary N) is 1. The molecule has 1 amide bonds. The molecule has 4 nitrogen and oxygen atoms in total. The molecule has 0 saturated carbocycles. The van der Waals surface area contributed by atoms with Crippen LogP contribution in [-0.4, -0.2) is 45.2 Å². The Labute approximate surface area is 109 Å². The van der Waals surface area contributed by atoms with Crippen molar-refractivity contribution >= 4 is 5.91 Å². The molecule has 0 saturated heterocycles. The number of nitrogens with zero attached hydrogens (tertiary/aromatic N) is 1. The molecule has 1 aromatic carbocycles. The van der Waals surface area contributed by atoms with Gasteiger partial charge in [-0.2, -0.15) is 0 Å². The van der Waals surface area contributed by atoms with Gasteiger partial charge in [0, 0.05) is 13.7 Å². The Morgan fingerprint density at radius 1 is 1.39 bits per heavy atom. The van der Waals surface area contributed by atoms with Gasteiger partial charge in [-0.05, 0) is 32.1 Å². The van der Waals surface area contributed by atoms with Crippen LogP contribution in [0.2, 0.25) is 0 Å². The summed E-state index contributed by atoms with van der Waals surface area (Å²) in [4.78, 5) is 13.5. The Balaban J connectivity index is 2.72. The van der Waals surface area contributed by atoms with Gasteiger partial charge < -0.3 is 15.0 Å². The van der Waals surface area contributed by atoms with Gasteiger partial charge in [-0.3, -0.25) is 4.79 Å². The van der Waals surface area contributed by atoms with Gasteiger partial charge in [0.25, 0.3) is 0 Å². The van der Waals surface area contributed by atoms with Crippen LogP contribution in [0.4, 0.5) is 0 Å². The van der Waals surface area contributed by atoms with Crippen molar-refractivity contribution in [3.05, 3.63) is 35.4 Å². The molecule has 1 N–H and O–H groups in total. The van der Waals surface area contributed by atoms with E-state index in [-0.39, 0.29) is 18.6 Å². The second-order valence-corrected chi connectivity index (χ2v) is 4.57. The number of amides is 1. The summed E-state index contributed by atoms with van der Waals surface area (Å²) in [6, 6.07) is 8.41. The number of carbonyl (C=O) groups is 1. The molecule has 1 atom stereocenters. The maximum absolute atomic E-state index is 11.4. The molecule has 0 aliphatic rings. The highest BCUT2D eigenvalue weighted by atomic mass is 16.5. The summed E-state index contributed by atoms with van der Waals surface area (Å²) in [6.07, 6.45) is 0. The van der Waals surface area contributed by atoms with E-state index in [1.165, 1.54) is 18.2 Å². The molecule has 0 aliphatic carbocycles. The number of rotatable bonds is 6. The number of aryl methyl sites for hydroxylation is 1. The Kier molecular flexibility index (Phi) is 5.82. The number of likely N-dealkylation sites (N-methyl/N-ethyl adjacent to an activating group) is 1. The highest BCUT2D eigenvalue weighted by molar-refractivity contribution is 5.77. The van der Waals surface area contributed by atoms with E-state index in [2.05, 4.69) is 29.3 Å². The van der Waals surface area contributed by atoms with E-state index in [0.29, 0.717) is 6.54 Å². The molecular formula is C14H22N2O2. The van der Waals surface area contributed by atoms with Gasteiger partial charge in [-0.1, -0.05) is 24.3 Å². The van der Waals surface area contributed by atoms with Gasteiger partial charge in [-0.15, -0.1) is 0 Å². The summed E-state index contributed by atoms with van der Waals surface area (Å²) in [5.74, 6) is -0.0852. The van der Waals surface area contributed by atoms with E-state index >= 15 is 0 Å². The van der Waals surface area contributed by atoms with Gasteiger partial charge in [0.2, 0.25) is 5.91 Å². The summed E-state index contributed by atoms with van der Waals surface area (Å²) < 4.78 is 4.80. The second-order valence-electron chi connectivity index (χ2n) is 4.57. The Morgan fingerprint density at radius 3 is 2.61 bits per heavy atom. The first-order valence-corrected chi connectivity index (χ1v) is 6.04. The zero-order chi connectivity index (χ0) is 13.5. The van der Waals surface area contributed by atoms with Crippen LogP contribution in [0, 0.1) is 6.92 Å². The molecule has 18 heavy (non-hydrogen) atoms. The average Bonchev–Trinajstić information content (AvgIpc) is 2.31. The minimum absolute atomic E-state index is 0.0852. The topological polar surface area (TPSA) is 41.6 Å². The predicted octanol–water partition coefficient (Wildman–Crippen LogP) is 1.36. The van der Waals surface area contributed by atoms with Gasteiger partial charge in [0.15, 0.2) is 0 Å². The average molecular weight is 250 g/mol. The van der Waals surface area contributed by atoms with E-state index < -0.39 is 0 Å². The van der Waals surface area contributed by atoms with Crippen molar-refractivity contribution in [1.29, 1.82) is 0 Å². The summed E-state index contributed by atoms with van der Waals surface area (Å²) in [5.41, 5.74) is 2.47. The number of benzene rings is 1. The zero-order valence-electron chi connectivity index (χ0n) is 11.6. The molecule has 0 radical (unpaired) electrons. The highest BCUT2D eigenvalue weighted by Crippen LogP contribution is 2.20. The lowest BCUT2D eigenvalue weighted by atomic mass is 10.0. The van der Waals surface area contributed by atoms with Crippen molar-refractivity contribution in [2.24, 2.45) is 0 Å². The van der Waals surface area contributed by atoms with E-state index in [0.717, 1.165) is 0 Å². The third-order valence-corrected chi connectivity index (χ3v) is 2.94. The summed E-state index contributed by atoms with van der Waals surface area (Å²) >= 11 is 0. The number of ether oxygens (including phenoxy) is 1. The van der Waals surface area contributed by atoms with Crippen LogP contribution in [0.1, 0.15) is 17.2 Å². The smallest absolute Gasteiger partial charge is 0.246 e. The van der Waals surface area contributed by atoms with Crippen LogP contribution < -0.4 is 5.32 Å². The molecule has 1 unspecified atom stereocenters. The lowest BCUT2D eigenvalue weighted by Gasteiger charge is -2.26. The molecule has 4 heteroatoms. The Bertz CT molecular complexity index is 391. The highest BCUT2D eigenvalue weighted by Gasteiger charge is 2.16. The number of carbonyl (C=O) groups excluding carboxylic acids is 1. The zero-order valence-corrected chi connectivity index (χ0v) is 11.6. The van der Waals surface area contributed by atoms with Crippen molar-refractivity contribution in [3.63, 3.8) is 0 Å². The van der Waals surface area contributed by atoms with Gasteiger partial charge >= 0.3 is 0 Å². The van der Waals surface area contributed by atoms with Crippen LogP contribution in [-0.2, 0) is 9.53 Å². The third kappa shape index (κ3) is 4.13. The van der Waals surface area contributed by atoms with Gasteiger partial charge in [0.1, 0.15) is 6.61 Å². The van der Waals surface area contributed by atoms with Crippen LogP contribution in [0.15, 0.2) is 24.3 Å². The maximum atomic E-state index is 11.4. The van der Waals surface area contributed by atoms with E-state index in [4.69, 9.17) is 4.74 Å². The summed E-state index contributed by atoms with van der Waals surface area (Å²) in [6.45, 7) is 2.77. The van der Waals surface area contributed by atoms with E-state index in [1.807, 2.05) is 26.2 Å². The number of hydrogen-bond donors (Lipinski definition) is 1. The lowest BCUT2D eigenvalue weighted by Crippen LogP contribution is -2.36. The minimum Gasteiger partial charge on any atom is -0.375 e. The normalized spacial score (nSPS) is 12.5. The SMILES string of the molecule is COCC(=O)NCC(c1ccccc1C)N(C)C. The monoisotopic (exact) mass is 250 g/mol. The molecule has 1 rings (SSSR count). The molecule has 1 aromatic rings. The van der Waals surface area contributed by atoms with Crippen molar-refractivity contribution in [2.45, 2.75) is 13.0 Å². The first-order chi connectivity index (χ1) is 8.56. The molecule has 0 bridgehead atoms. The van der Waals surface area contributed by atoms with Crippen LogP contribution in [0.25, 0.3) is 0 Å². The molecule has 0 aliphatic heterocycles. The van der Waals surface area contributed by atoms with Crippen LogP contribution in [0.5, 0.6) is 0 Å². The number of methoxy groups -OCH3 is 1. The fourth-order valence-corrected chi connectivity index (χ4v) is 1.92. The van der Waals surface area contributed by atoms with E-state index in [9.17, 15) is 4.79 Å².